The maximum Gasteiger partial charge on any atom is 0.304 e. The van der Waals surface area contributed by atoms with Crippen molar-refractivity contribution in [2.24, 2.45) is 0 Å². The number of nitrogens with zero attached hydrogens (tertiary/aromatic N) is 1. The molecule has 1 aromatic rings. The Bertz CT molecular complexity index is 509. The summed E-state index contributed by atoms with van der Waals surface area (Å²) >= 11 is 0. The molecule has 0 aromatic heterocycles. The quantitative estimate of drug-likeness (QED) is 0.375. The average Bonchev–Trinajstić information content (AvgIpc) is 2.33. The molecule has 1 N–H and O–H groups in total. The number of benzene rings is 1. The number of halogens is 1. The Balaban J connectivity index is 2.67. The molecule has 0 saturated carbocycles. The Morgan fingerprint density at radius 2 is 2.28 bits per heavy atom. The fourth-order valence-corrected chi connectivity index (χ4v) is 1.29. The normalized spacial score (nSPS) is 9.56. The van der Waals surface area contributed by atoms with Gasteiger partial charge in [-0.05, 0) is 18.6 Å². The average molecular weight is 250 g/mol. The maximum atomic E-state index is 13.3. The van der Waals surface area contributed by atoms with Gasteiger partial charge in [0, 0.05) is 24.6 Å². The Kier molecular flexibility index (Phi) is 4.81. The topological polar surface area (TPSA) is 72.2 Å². The van der Waals surface area contributed by atoms with Gasteiger partial charge in [-0.15, -0.1) is 12.3 Å². The largest absolute Gasteiger partial charge is 0.352 e. The number of nitro groups is 1. The van der Waals surface area contributed by atoms with Crippen molar-refractivity contribution in [2.75, 3.05) is 6.54 Å². The number of hydrogen-bond donors (Lipinski definition) is 1. The summed E-state index contributed by atoms with van der Waals surface area (Å²) in [6, 6.07) is 3.01. The highest BCUT2D eigenvalue weighted by Gasteiger charge is 2.16. The van der Waals surface area contributed by atoms with E-state index >= 15 is 0 Å². The van der Waals surface area contributed by atoms with Crippen molar-refractivity contribution in [1.29, 1.82) is 0 Å². The molecule has 1 rings (SSSR count). The summed E-state index contributed by atoms with van der Waals surface area (Å²) in [4.78, 5) is 21.1. The van der Waals surface area contributed by atoms with Gasteiger partial charge in [0.15, 0.2) is 0 Å². The van der Waals surface area contributed by atoms with E-state index in [1.807, 2.05) is 0 Å². The van der Waals surface area contributed by atoms with E-state index < -0.39 is 22.3 Å². The van der Waals surface area contributed by atoms with Crippen molar-refractivity contribution in [1.82, 2.24) is 5.32 Å². The predicted molar refractivity (Wildman–Crippen MR) is 63.5 cm³/mol. The Labute approximate surface area is 103 Å². The first-order valence-corrected chi connectivity index (χ1v) is 5.22. The number of carbonyl (C=O) groups is 1. The molecule has 0 aliphatic heterocycles. The zero-order valence-electron chi connectivity index (χ0n) is 9.48. The van der Waals surface area contributed by atoms with E-state index in [0.29, 0.717) is 19.4 Å². The van der Waals surface area contributed by atoms with Gasteiger partial charge in [0.05, 0.1) is 4.92 Å². The van der Waals surface area contributed by atoms with E-state index in [1.54, 1.807) is 0 Å². The maximum absolute atomic E-state index is 13.3. The second-order valence-corrected chi connectivity index (χ2v) is 3.49. The molecule has 18 heavy (non-hydrogen) atoms. The number of amides is 1. The molecule has 1 aromatic carbocycles. The van der Waals surface area contributed by atoms with Crippen molar-refractivity contribution >= 4 is 11.6 Å². The number of terminal acetylenes is 1. The molecule has 0 unspecified atom stereocenters. The number of hydrogen-bond acceptors (Lipinski definition) is 3. The third-order valence-electron chi connectivity index (χ3n) is 2.19. The summed E-state index contributed by atoms with van der Waals surface area (Å²) in [5.74, 6) is 0.907. The summed E-state index contributed by atoms with van der Waals surface area (Å²) in [5, 5.41) is 12.9. The lowest BCUT2D eigenvalue weighted by Crippen LogP contribution is -2.24. The van der Waals surface area contributed by atoms with Crippen molar-refractivity contribution in [3.05, 3.63) is 39.7 Å². The van der Waals surface area contributed by atoms with Crippen LogP contribution in [0.25, 0.3) is 0 Å². The van der Waals surface area contributed by atoms with E-state index in [0.717, 1.165) is 12.1 Å². The first-order valence-electron chi connectivity index (χ1n) is 5.22. The molecule has 0 fully saturated rings. The van der Waals surface area contributed by atoms with Gasteiger partial charge in [0.25, 0.3) is 5.91 Å². The molecule has 6 heteroatoms. The van der Waals surface area contributed by atoms with Crippen LogP contribution in [0.15, 0.2) is 18.2 Å². The molecule has 0 spiro atoms. The molecule has 5 nitrogen and oxygen atoms in total. The standard InChI is InChI=1S/C12H11FN2O3/c1-2-3-4-7-14-12(16)9-5-6-11(15(17)18)10(13)8-9/h1,5-6,8H,3-4,7H2,(H,14,16). The van der Waals surface area contributed by atoms with Gasteiger partial charge in [-0.2, -0.15) is 4.39 Å². The van der Waals surface area contributed by atoms with E-state index in [-0.39, 0.29) is 5.56 Å². The summed E-state index contributed by atoms with van der Waals surface area (Å²) in [7, 11) is 0. The zero-order chi connectivity index (χ0) is 13.5. The van der Waals surface area contributed by atoms with Gasteiger partial charge < -0.3 is 5.32 Å². The molecule has 1 amide bonds. The van der Waals surface area contributed by atoms with Crippen LogP contribution in [0.3, 0.4) is 0 Å². The third kappa shape index (κ3) is 3.56. The first-order chi connectivity index (χ1) is 8.56. The number of unbranched alkanes of at least 4 members (excludes halogenated alkanes) is 1. The monoisotopic (exact) mass is 250 g/mol. The molecule has 0 aliphatic carbocycles. The van der Waals surface area contributed by atoms with Crippen LogP contribution in [0.2, 0.25) is 0 Å². The molecule has 0 heterocycles. The van der Waals surface area contributed by atoms with E-state index in [9.17, 15) is 19.3 Å². The predicted octanol–water partition coefficient (Wildman–Crippen LogP) is 1.88. The highest BCUT2D eigenvalue weighted by Crippen LogP contribution is 2.17. The van der Waals surface area contributed by atoms with Crippen molar-refractivity contribution in [2.45, 2.75) is 12.8 Å². The van der Waals surface area contributed by atoms with Crippen molar-refractivity contribution in [3.8, 4) is 12.3 Å². The Morgan fingerprint density at radius 1 is 1.56 bits per heavy atom. The molecule has 0 atom stereocenters. The zero-order valence-corrected chi connectivity index (χ0v) is 9.48. The molecule has 94 valence electrons. The minimum atomic E-state index is -1.03. The van der Waals surface area contributed by atoms with Gasteiger partial charge in [-0.3, -0.25) is 14.9 Å². The number of carbonyl (C=O) groups excluding carboxylic acids is 1. The second-order valence-electron chi connectivity index (χ2n) is 3.49. The summed E-state index contributed by atoms with van der Waals surface area (Å²) < 4.78 is 13.3. The summed E-state index contributed by atoms with van der Waals surface area (Å²) in [5.41, 5.74) is -0.613. The summed E-state index contributed by atoms with van der Waals surface area (Å²) in [6.07, 6.45) is 6.20. The van der Waals surface area contributed by atoms with Crippen LogP contribution in [0.1, 0.15) is 23.2 Å². The van der Waals surface area contributed by atoms with Gasteiger partial charge in [0.2, 0.25) is 5.82 Å². The summed E-state index contributed by atoms with van der Waals surface area (Å²) in [6.45, 7) is 0.377. The highest BCUT2D eigenvalue weighted by molar-refractivity contribution is 5.94. The number of rotatable bonds is 5. The van der Waals surface area contributed by atoms with Gasteiger partial charge in [-0.1, -0.05) is 0 Å². The first kappa shape index (κ1) is 13.6. The van der Waals surface area contributed by atoms with Crippen LogP contribution >= 0.6 is 0 Å². The van der Waals surface area contributed by atoms with E-state index in [1.165, 1.54) is 6.07 Å². The Morgan fingerprint density at radius 3 is 2.83 bits per heavy atom. The van der Waals surface area contributed by atoms with E-state index in [4.69, 9.17) is 6.42 Å². The molecular weight excluding hydrogens is 239 g/mol. The van der Waals surface area contributed by atoms with Crippen LogP contribution in [-0.4, -0.2) is 17.4 Å². The second kappa shape index (κ2) is 6.35. The van der Waals surface area contributed by atoms with Crippen LogP contribution in [0.5, 0.6) is 0 Å². The minimum Gasteiger partial charge on any atom is -0.352 e. The SMILES string of the molecule is C#CCCCNC(=O)c1ccc([N+](=O)[O-])c(F)c1. The van der Waals surface area contributed by atoms with Crippen LogP contribution in [0, 0.1) is 28.3 Å². The number of nitrogens with one attached hydrogen (secondary N) is 1. The van der Waals surface area contributed by atoms with Crippen LogP contribution in [-0.2, 0) is 0 Å². The fourth-order valence-electron chi connectivity index (χ4n) is 1.29. The smallest absolute Gasteiger partial charge is 0.304 e. The van der Waals surface area contributed by atoms with E-state index in [2.05, 4.69) is 11.2 Å². The molecule has 0 aliphatic rings. The Hall–Kier alpha value is -2.42. The van der Waals surface area contributed by atoms with Gasteiger partial charge >= 0.3 is 5.69 Å². The number of nitro benzene ring substituents is 1. The lowest BCUT2D eigenvalue weighted by molar-refractivity contribution is -0.387. The third-order valence-corrected chi connectivity index (χ3v) is 2.19. The molecular formula is C12H11FN2O3. The lowest BCUT2D eigenvalue weighted by Gasteiger charge is -2.04. The van der Waals surface area contributed by atoms with Crippen LogP contribution < -0.4 is 5.32 Å². The molecule has 0 saturated heterocycles. The van der Waals surface area contributed by atoms with Gasteiger partial charge in [0.1, 0.15) is 0 Å². The lowest BCUT2D eigenvalue weighted by atomic mass is 10.2. The van der Waals surface area contributed by atoms with Gasteiger partial charge in [-0.25, -0.2) is 0 Å². The highest BCUT2D eigenvalue weighted by atomic mass is 19.1. The van der Waals surface area contributed by atoms with Crippen LogP contribution in [0.4, 0.5) is 10.1 Å². The molecule has 0 bridgehead atoms. The molecule has 0 radical (unpaired) electrons. The van der Waals surface area contributed by atoms with Crippen molar-refractivity contribution in [3.63, 3.8) is 0 Å². The minimum absolute atomic E-state index is 0.0406. The fraction of sp³-hybridized carbons (Fsp3) is 0.250. The van der Waals surface area contributed by atoms with Crippen molar-refractivity contribution < 1.29 is 14.1 Å².